The molecule has 0 aromatic carbocycles. The summed E-state index contributed by atoms with van der Waals surface area (Å²) in [7, 11) is 3.83. The molecule has 2 aromatic rings. The summed E-state index contributed by atoms with van der Waals surface area (Å²) in [5.74, 6) is 0. The molecule has 0 amide bonds. The van der Waals surface area contributed by atoms with E-state index in [2.05, 4.69) is 20.4 Å². The van der Waals surface area contributed by atoms with E-state index >= 15 is 0 Å². The number of nitrogens with one attached hydrogen (secondary N) is 1. The van der Waals surface area contributed by atoms with E-state index in [1.165, 1.54) is 6.33 Å². The van der Waals surface area contributed by atoms with E-state index < -0.39 is 0 Å². The van der Waals surface area contributed by atoms with Gasteiger partial charge in [0.2, 0.25) is 0 Å². The van der Waals surface area contributed by atoms with E-state index in [0.717, 1.165) is 11.3 Å². The summed E-state index contributed by atoms with van der Waals surface area (Å²) < 4.78 is 1.84. The molecule has 2 aromatic heterocycles. The summed E-state index contributed by atoms with van der Waals surface area (Å²) in [6.45, 7) is 0. The maximum Gasteiger partial charge on any atom is 0.115 e. The molecule has 2 heterocycles. The minimum absolute atomic E-state index is 0.0821. The molecular weight excluding hydrogens is 190 g/mol. The van der Waals surface area contributed by atoms with Crippen molar-refractivity contribution in [1.29, 1.82) is 0 Å². The fourth-order valence-electron chi connectivity index (χ4n) is 1.61. The predicted octanol–water partition coefficient (Wildman–Crippen LogP) is 0.519. The number of hydrogen-bond acceptors (Lipinski definition) is 4. The quantitative estimate of drug-likeness (QED) is 0.790. The number of rotatable bonds is 3. The Labute approximate surface area is 88.2 Å². The second-order valence-corrected chi connectivity index (χ2v) is 3.27. The van der Waals surface area contributed by atoms with Gasteiger partial charge in [-0.2, -0.15) is 5.10 Å². The maximum atomic E-state index is 4.15. The highest BCUT2D eigenvalue weighted by Gasteiger charge is 2.15. The Morgan fingerprint density at radius 1 is 1.33 bits per heavy atom. The zero-order valence-electron chi connectivity index (χ0n) is 8.75. The van der Waals surface area contributed by atoms with Gasteiger partial charge in [0.25, 0.3) is 0 Å². The number of nitrogens with zero attached hydrogens (tertiary/aromatic N) is 4. The molecular formula is C10H13N5. The summed E-state index contributed by atoms with van der Waals surface area (Å²) in [4.78, 5) is 8.02. The Hall–Kier alpha value is -1.75. The molecule has 78 valence electrons. The Balaban J connectivity index is 2.37. The molecule has 5 nitrogen and oxygen atoms in total. The third-order valence-corrected chi connectivity index (χ3v) is 2.36. The molecule has 0 spiro atoms. The summed E-state index contributed by atoms with van der Waals surface area (Å²) in [6.07, 6.45) is 6.92. The van der Waals surface area contributed by atoms with Crippen molar-refractivity contribution < 1.29 is 0 Å². The van der Waals surface area contributed by atoms with Crippen LogP contribution in [0.25, 0.3) is 0 Å². The van der Waals surface area contributed by atoms with Crippen molar-refractivity contribution in [2.45, 2.75) is 6.04 Å². The summed E-state index contributed by atoms with van der Waals surface area (Å²) in [6, 6.07) is 2.06. The van der Waals surface area contributed by atoms with Crippen LogP contribution in [0.15, 0.2) is 31.0 Å². The van der Waals surface area contributed by atoms with Crippen molar-refractivity contribution >= 4 is 0 Å². The van der Waals surface area contributed by atoms with Gasteiger partial charge in [0.1, 0.15) is 6.33 Å². The van der Waals surface area contributed by atoms with Crippen LogP contribution >= 0.6 is 0 Å². The van der Waals surface area contributed by atoms with Gasteiger partial charge in [0.05, 0.1) is 11.7 Å². The van der Waals surface area contributed by atoms with Crippen LogP contribution in [-0.2, 0) is 7.05 Å². The molecule has 1 unspecified atom stereocenters. The number of aryl methyl sites for hydroxylation is 1. The lowest BCUT2D eigenvalue weighted by atomic mass is 10.1. The molecule has 1 N–H and O–H groups in total. The highest BCUT2D eigenvalue weighted by molar-refractivity contribution is 5.22. The van der Waals surface area contributed by atoms with Gasteiger partial charge in [0, 0.05) is 31.2 Å². The van der Waals surface area contributed by atoms with E-state index in [1.54, 1.807) is 18.6 Å². The van der Waals surface area contributed by atoms with Gasteiger partial charge >= 0.3 is 0 Å². The second-order valence-electron chi connectivity index (χ2n) is 3.27. The maximum absolute atomic E-state index is 4.15. The minimum Gasteiger partial charge on any atom is -0.308 e. The van der Waals surface area contributed by atoms with Crippen LogP contribution in [0.2, 0.25) is 0 Å². The van der Waals surface area contributed by atoms with Gasteiger partial charge in [-0.25, -0.2) is 9.97 Å². The first-order valence-electron chi connectivity index (χ1n) is 4.73. The van der Waals surface area contributed by atoms with Crippen LogP contribution in [-0.4, -0.2) is 26.8 Å². The zero-order valence-corrected chi connectivity index (χ0v) is 8.75. The standard InChI is InChI=1S/C10H13N5/c1-11-10(8-5-12-7-13-6-8)9-3-4-14-15(9)2/h3-7,10-11H,1-2H3. The first-order valence-corrected chi connectivity index (χ1v) is 4.73. The van der Waals surface area contributed by atoms with Crippen LogP contribution in [0.3, 0.4) is 0 Å². The lowest BCUT2D eigenvalue weighted by Crippen LogP contribution is -2.20. The average Bonchev–Trinajstić information content (AvgIpc) is 2.68. The Morgan fingerprint density at radius 3 is 2.60 bits per heavy atom. The Bertz CT molecular complexity index is 422. The fourth-order valence-corrected chi connectivity index (χ4v) is 1.61. The molecule has 2 rings (SSSR count). The molecule has 15 heavy (non-hydrogen) atoms. The molecule has 0 bridgehead atoms. The number of hydrogen-bond donors (Lipinski definition) is 1. The van der Waals surface area contributed by atoms with E-state index in [0.29, 0.717) is 0 Å². The van der Waals surface area contributed by atoms with Gasteiger partial charge in [-0.05, 0) is 13.1 Å². The molecule has 0 saturated heterocycles. The van der Waals surface area contributed by atoms with Crippen molar-refractivity contribution in [3.8, 4) is 0 Å². The third kappa shape index (κ3) is 1.87. The van der Waals surface area contributed by atoms with Gasteiger partial charge in [-0.15, -0.1) is 0 Å². The smallest absolute Gasteiger partial charge is 0.115 e. The van der Waals surface area contributed by atoms with Crippen LogP contribution in [0, 0.1) is 0 Å². The van der Waals surface area contributed by atoms with Gasteiger partial charge in [-0.3, -0.25) is 4.68 Å². The van der Waals surface area contributed by atoms with E-state index in [4.69, 9.17) is 0 Å². The van der Waals surface area contributed by atoms with Crippen molar-refractivity contribution in [3.05, 3.63) is 42.2 Å². The Morgan fingerprint density at radius 2 is 2.07 bits per heavy atom. The first kappa shape index (κ1) is 9.79. The van der Waals surface area contributed by atoms with Gasteiger partial charge in [0.15, 0.2) is 0 Å². The molecule has 0 aliphatic carbocycles. The summed E-state index contributed by atoms with van der Waals surface area (Å²) in [5.41, 5.74) is 2.12. The van der Waals surface area contributed by atoms with Crippen LogP contribution < -0.4 is 5.32 Å². The molecule has 0 fully saturated rings. The molecule has 5 heteroatoms. The fraction of sp³-hybridized carbons (Fsp3) is 0.300. The molecule has 0 saturated carbocycles. The number of aromatic nitrogens is 4. The van der Waals surface area contributed by atoms with E-state index in [9.17, 15) is 0 Å². The molecule has 0 aliphatic heterocycles. The van der Waals surface area contributed by atoms with Gasteiger partial charge < -0.3 is 5.32 Å². The van der Waals surface area contributed by atoms with Crippen molar-refractivity contribution in [2.75, 3.05) is 7.05 Å². The van der Waals surface area contributed by atoms with E-state index in [1.807, 2.05) is 24.8 Å². The zero-order chi connectivity index (χ0) is 10.7. The second kappa shape index (κ2) is 4.18. The monoisotopic (exact) mass is 203 g/mol. The Kier molecular flexibility index (Phi) is 2.73. The minimum atomic E-state index is 0.0821. The third-order valence-electron chi connectivity index (χ3n) is 2.36. The van der Waals surface area contributed by atoms with Crippen LogP contribution in [0.5, 0.6) is 0 Å². The predicted molar refractivity (Wildman–Crippen MR) is 56.1 cm³/mol. The molecule has 1 atom stereocenters. The lowest BCUT2D eigenvalue weighted by molar-refractivity contribution is 0.602. The normalized spacial score (nSPS) is 12.7. The van der Waals surface area contributed by atoms with Gasteiger partial charge in [-0.1, -0.05) is 0 Å². The summed E-state index contributed by atoms with van der Waals surface area (Å²) >= 11 is 0. The SMILES string of the molecule is CNC(c1cncnc1)c1ccnn1C. The van der Waals surface area contributed by atoms with Crippen molar-refractivity contribution in [3.63, 3.8) is 0 Å². The summed E-state index contributed by atoms with van der Waals surface area (Å²) in [5, 5.41) is 7.37. The highest BCUT2D eigenvalue weighted by atomic mass is 15.3. The van der Waals surface area contributed by atoms with Crippen LogP contribution in [0.4, 0.5) is 0 Å². The lowest BCUT2D eigenvalue weighted by Gasteiger charge is -2.15. The van der Waals surface area contributed by atoms with E-state index in [-0.39, 0.29) is 6.04 Å². The van der Waals surface area contributed by atoms with Crippen molar-refractivity contribution in [2.24, 2.45) is 7.05 Å². The first-order chi connectivity index (χ1) is 7.33. The largest absolute Gasteiger partial charge is 0.308 e. The topological polar surface area (TPSA) is 55.6 Å². The average molecular weight is 203 g/mol. The van der Waals surface area contributed by atoms with Crippen molar-refractivity contribution in [1.82, 2.24) is 25.1 Å². The van der Waals surface area contributed by atoms with Crippen LogP contribution in [0.1, 0.15) is 17.3 Å². The molecule has 0 aliphatic rings. The molecule has 0 radical (unpaired) electrons. The highest BCUT2D eigenvalue weighted by Crippen LogP contribution is 2.18.